The van der Waals surface area contributed by atoms with E-state index in [4.69, 9.17) is 0 Å². The monoisotopic (exact) mass is 352 g/mol. The fourth-order valence-corrected chi connectivity index (χ4v) is 2.38. The van der Waals surface area contributed by atoms with Crippen molar-refractivity contribution >= 4 is 17.3 Å². The van der Waals surface area contributed by atoms with Gasteiger partial charge in [0.05, 0.1) is 16.3 Å². The maximum Gasteiger partial charge on any atom is 0.289 e. The van der Waals surface area contributed by atoms with Crippen molar-refractivity contribution in [3.05, 3.63) is 70.0 Å². The van der Waals surface area contributed by atoms with E-state index in [-0.39, 0.29) is 11.4 Å². The molecule has 0 aliphatic carbocycles. The number of hydrazone groups is 1. The number of rotatable bonds is 5. The third-order valence-corrected chi connectivity index (χ3v) is 3.85. The quantitative estimate of drug-likeness (QED) is 0.416. The van der Waals surface area contributed by atoms with Gasteiger partial charge in [0.15, 0.2) is 0 Å². The highest BCUT2D eigenvalue weighted by Gasteiger charge is 2.12. The Labute approximate surface area is 148 Å². The molecule has 0 saturated heterocycles. The Morgan fingerprint density at radius 2 is 2.04 bits per heavy atom. The van der Waals surface area contributed by atoms with Crippen LogP contribution in [0.2, 0.25) is 0 Å². The molecule has 9 nitrogen and oxygen atoms in total. The van der Waals surface area contributed by atoms with E-state index >= 15 is 0 Å². The van der Waals surface area contributed by atoms with Gasteiger partial charge in [-0.3, -0.25) is 20.0 Å². The lowest BCUT2D eigenvalue weighted by atomic mass is 10.1. The first-order valence-electron chi connectivity index (χ1n) is 7.72. The zero-order valence-corrected chi connectivity index (χ0v) is 14.1. The summed E-state index contributed by atoms with van der Waals surface area (Å²) >= 11 is 0. The predicted octanol–water partition coefficient (Wildman–Crippen LogP) is 2.48. The van der Waals surface area contributed by atoms with Crippen molar-refractivity contribution in [3.8, 4) is 11.4 Å². The number of amides is 1. The lowest BCUT2D eigenvalue weighted by molar-refractivity contribution is -0.384. The molecule has 3 aromatic rings. The van der Waals surface area contributed by atoms with Gasteiger partial charge in [-0.05, 0) is 42.8 Å². The van der Waals surface area contributed by atoms with Crippen molar-refractivity contribution in [2.75, 3.05) is 0 Å². The second-order valence-corrected chi connectivity index (χ2v) is 5.61. The van der Waals surface area contributed by atoms with Gasteiger partial charge in [-0.1, -0.05) is 0 Å². The molecule has 0 atom stereocenters. The van der Waals surface area contributed by atoms with Crippen LogP contribution in [0.15, 0.2) is 53.8 Å². The number of aromatic nitrogens is 3. The van der Waals surface area contributed by atoms with E-state index in [0.717, 1.165) is 5.69 Å². The molecule has 0 bridgehead atoms. The fraction of sp³-hybridized carbons (Fsp3) is 0.118. The summed E-state index contributed by atoms with van der Waals surface area (Å²) in [6.45, 7) is 1.70. The molecule has 2 heterocycles. The van der Waals surface area contributed by atoms with Crippen molar-refractivity contribution in [1.29, 1.82) is 0 Å². The number of nitro benzene ring substituents is 1. The molecule has 0 spiro atoms. The summed E-state index contributed by atoms with van der Waals surface area (Å²) in [6, 6.07) is 11.4. The maximum atomic E-state index is 12.2. The third kappa shape index (κ3) is 3.51. The van der Waals surface area contributed by atoms with Crippen LogP contribution in [0.4, 0.5) is 5.69 Å². The first kappa shape index (κ1) is 17.1. The van der Waals surface area contributed by atoms with Crippen LogP contribution in [0, 0.1) is 10.1 Å². The van der Waals surface area contributed by atoms with Gasteiger partial charge >= 0.3 is 0 Å². The number of carbonyl (C=O) groups is 1. The predicted molar refractivity (Wildman–Crippen MR) is 95.8 cm³/mol. The number of hydrogen-bond acceptors (Lipinski definition) is 5. The molecule has 0 aliphatic heterocycles. The van der Waals surface area contributed by atoms with Crippen molar-refractivity contribution in [2.45, 2.75) is 6.92 Å². The summed E-state index contributed by atoms with van der Waals surface area (Å²) in [5.41, 5.74) is 5.45. The fourth-order valence-electron chi connectivity index (χ4n) is 2.38. The molecule has 0 aliphatic rings. The number of benzene rings is 1. The Morgan fingerprint density at radius 1 is 1.31 bits per heavy atom. The largest absolute Gasteiger partial charge is 0.349 e. The zero-order chi connectivity index (χ0) is 18.7. The highest BCUT2D eigenvalue weighted by molar-refractivity contribution is 6.00. The van der Waals surface area contributed by atoms with Crippen molar-refractivity contribution in [3.63, 3.8) is 0 Å². The minimum absolute atomic E-state index is 0.00347. The van der Waals surface area contributed by atoms with Crippen LogP contribution in [0.3, 0.4) is 0 Å². The Hall–Kier alpha value is -3.75. The molecule has 2 N–H and O–H groups in total. The number of aromatic amines is 1. The standard InChI is InChI=1S/C17H16N6O3/c1-11(12-5-7-13(8-6-12)23(25)26)18-21-17(24)15-10-14(19-20-15)16-4-3-9-22(16)2/h3-10H,1-2H3,(H,19,20)(H,21,24)/b18-11-. The number of H-pyrrole nitrogens is 1. The number of nitro groups is 1. The summed E-state index contributed by atoms with van der Waals surface area (Å²) in [5.74, 6) is -0.431. The number of hydrogen-bond donors (Lipinski definition) is 2. The Kier molecular flexibility index (Phi) is 4.61. The molecule has 132 valence electrons. The van der Waals surface area contributed by atoms with Crippen LogP contribution in [-0.2, 0) is 7.05 Å². The van der Waals surface area contributed by atoms with Gasteiger partial charge < -0.3 is 4.57 Å². The van der Waals surface area contributed by atoms with E-state index < -0.39 is 10.8 Å². The average Bonchev–Trinajstić information content (AvgIpc) is 3.28. The number of carbonyl (C=O) groups excluding carboxylic acids is 1. The van der Waals surface area contributed by atoms with Gasteiger partial charge in [0.1, 0.15) is 11.4 Å². The van der Waals surface area contributed by atoms with E-state index in [9.17, 15) is 14.9 Å². The lowest BCUT2D eigenvalue weighted by Crippen LogP contribution is -2.19. The van der Waals surface area contributed by atoms with Gasteiger partial charge in [-0.2, -0.15) is 10.2 Å². The van der Waals surface area contributed by atoms with Crippen molar-refractivity contribution in [1.82, 2.24) is 20.2 Å². The lowest BCUT2D eigenvalue weighted by Gasteiger charge is -2.01. The minimum Gasteiger partial charge on any atom is -0.349 e. The minimum atomic E-state index is -0.472. The van der Waals surface area contributed by atoms with Gasteiger partial charge in [0.25, 0.3) is 11.6 Å². The van der Waals surface area contributed by atoms with Gasteiger partial charge in [-0.25, -0.2) is 5.43 Å². The van der Waals surface area contributed by atoms with E-state index in [1.54, 1.807) is 25.1 Å². The molecule has 26 heavy (non-hydrogen) atoms. The van der Waals surface area contributed by atoms with E-state index in [1.165, 1.54) is 12.1 Å². The van der Waals surface area contributed by atoms with Crippen LogP contribution in [0.5, 0.6) is 0 Å². The molecular formula is C17H16N6O3. The summed E-state index contributed by atoms with van der Waals surface area (Å²) in [7, 11) is 1.89. The smallest absolute Gasteiger partial charge is 0.289 e. The zero-order valence-electron chi connectivity index (χ0n) is 14.1. The summed E-state index contributed by atoms with van der Waals surface area (Å²) in [6.07, 6.45) is 1.89. The van der Waals surface area contributed by atoms with Crippen molar-refractivity contribution < 1.29 is 9.72 Å². The van der Waals surface area contributed by atoms with Gasteiger partial charge in [0, 0.05) is 25.4 Å². The SMILES string of the molecule is C/C(=N/NC(=O)c1cc(-c2cccn2C)n[nH]1)c1ccc([N+](=O)[O-])cc1. The molecule has 1 aromatic carbocycles. The number of nitrogens with zero attached hydrogens (tertiary/aromatic N) is 4. The first-order chi connectivity index (χ1) is 12.5. The molecule has 0 unspecified atom stereocenters. The molecule has 0 radical (unpaired) electrons. The molecule has 1 amide bonds. The van der Waals surface area contributed by atoms with Crippen molar-refractivity contribution in [2.24, 2.45) is 12.1 Å². The first-order valence-corrected chi connectivity index (χ1v) is 7.72. The highest BCUT2D eigenvalue weighted by atomic mass is 16.6. The van der Waals surface area contributed by atoms with Crippen LogP contribution >= 0.6 is 0 Å². The second-order valence-electron chi connectivity index (χ2n) is 5.61. The van der Waals surface area contributed by atoms with E-state index in [0.29, 0.717) is 17.0 Å². The Balaban J connectivity index is 1.70. The molecule has 3 rings (SSSR count). The molecular weight excluding hydrogens is 336 g/mol. The number of non-ortho nitro benzene ring substituents is 1. The van der Waals surface area contributed by atoms with Crippen LogP contribution in [0.1, 0.15) is 23.0 Å². The van der Waals surface area contributed by atoms with E-state index in [2.05, 4.69) is 20.7 Å². The van der Waals surface area contributed by atoms with Gasteiger partial charge in [-0.15, -0.1) is 0 Å². The van der Waals surface area contributed by atoms with Gasteiger partial charge in [0.2, 0.25) is 0 Å². The normalized spacial score (nSPS) is 11.4. The molecule has 9 heteroatoms. The second kappa shape index (κ2) is 7.01. The Morgan fingerprint density at radius 3 is 2.65 bits per heavy atom. The van der Waals surface area contributed by atoms with Crippen LogP contribution in [-0.4, -0.2) is 31.3 Å². The topological polar surface area (TPSA) is 118 Å². The number of aryl methyl sites for hydroxylation is 1. The van der Waals surface area contributed by atoms with E-state index in [1.807, 2.05) is 29.9 Å². The summed E-state index contributed by atoms with van der Waals surface area (Å²) in [5, 5.41) is 21.5. The third-order valence-electron chi connectivity index (χ3n) is 3.85. The summed E-state index contributed by atoms with van der Waals surface area (Å²) < 4.78 is 1.90. The highest BCUT2D eigenvalue weighted by Crippen LogP contribution is 2.17. The molecule has 0 fully saturated rings. The van der Waals surface area contributed by atoms with Crippen LogP contribution in [0.25, 0.3) is 11.4 Å². The Bertz CT molecular complexity index is 984. The van der Waals surface area contributed by atoms with Crippen LogP contribution < -0.4 is 5.43 Å². The number of nitrogens with one attached hydrogen (secondary N) is 2. The maximum absolute atomic E-state index is 12.2. The summed E-state index contributed by atoms with van der Waals surface area (Å²) in [4.78, 5) is 22.4. The molecule has 0 saturated carbocycles. The average molecular weight is 352 g/mol. The molecule has 2 aromatic heterocycles.